The van der Waals surface area contributed by atoms with Crippen molar-refractivity contribution in [2.24, 2.45) is 0 Å². The molecule has 218 valence electrons. The third kappa shape index (κ3) is 6.85. The summed E-state index contributed by atoms with van der Waals surface area (Å²) in [5.41, 5.74) is 6.32. The van der Waals surface area contributed by atoms with Crippen LogP contribution in [-0.4, -0.2) is 56.9 Å². The Balaban J connectivity index is 1.23. The molecule has 0 spiro atoms. The molecule has 0 amide bonds. The van der Waals surface area contributed by atoms with Crippen LogP contribution >= 0.6 is 0 Å². The fraction of sp³-hybridized carbons (Fsp3) is 0.406. The summed E-state index contributed by atoms with van der Waals surface area (Å²) in [6.45, 7) is 5.26. The van der Waals surface area contributed by atoms with E-state index >= 15 is 0 Å². The number of nitrogens with one attached hydrogen (secondary N) is 1. The Morgan fingerprint density at radius 3 is 2.51 bits per heavy atom. The van der Waals surface area contributed by atoms with Crippen molar-refractivity contribution in [1.29, 1.82) is 0 Å². The number of benzene rings is 3. The van der Waals surface area contributed by atoms with Crippen LogP contribution in [0.2, 0.25) is 0 Å². The zero-order valence-corrected chi connectivity index (χ0v) is 24.6. The number of esters is 1. The van der Waals surface area contributed by atoms with Crippen molar-refractivity contribution in [3.63, 3.8) is 0 Å². The SMILES string of the molecule is COC(=O)CC1COc2cc(NCc3cccc(-c4c(C)cc(OCC5(O)CCS(=O)(=O)CC5)cc4C)c3)ccc21. The molecule has 1 saturated heterocycles. The highest BCUT2D eigenvalue weighted by Gasteiger charge is 2.36. The highest BCUT2D eigenvalue weighted by molar-refractivity contribution is 7.91. The maximum atomic E-state index is 11.7. The average Bonchev–Trinajstić information content (AvgIpc) is 3.34. The second kappa shape index (κ2) is 11.7. The van der Waals surface area contributed by atoms with Gasteiger partial charge in [-0.15, -0.1) is 0 Å². The molecule has 8 nitrogen and oxygen atoms in total. The second-order valence-corrected chi connectivity index (χ2v) is 13.5. The largest absolute Gasteiger partial charge is 0.493 e. The van der Waals surface area contributed by atoms with Crippen LogP contribution in [0.5, 0.6) is 11.5 Å². The normalized spacial score (nSPS) is 18.7. The Labute approximate surface area is 241 Å². The summed E-state index contributed by atoms with van der Waals surface area (Å²) in [6.07, 6.45) is 0.699. The van der Waals surface area contributed by atoms with Crippen molar-refractivity contribution in [2.45, 2.75) is 51.2 Å². The number of fused-ring (bicyclic) bond motifs is 1. The van der Waals surface area contributed by atoms with Crippen LogP contribution in [0.1, 0.15) is 47.4 Å². The van der Waals surface area contributed by atoms with E-state index in [1.165, 1.54) is 7.11 Å². The van der Waals surface area contributed by atoms with E-state index in [0.29, 0.717) is 25.3 Å². The lowest BCUT2D eigenvalue weighted by Crippen LogP contribution is -2.43. The monoisotopic (exact) mass is 579 g/mol. The fourth-order valence-electron chi connectivity index (χ4n) is 5.62. The molecule has 2 N–H and O–H groups in total. The summed E-state index contributed by atoms with van der Waals surface area (Å²) in [4.78, 5) is 11.7. The summed E-state index contributed by atoms with van der Waals surface area (Å²) < 4.78 is 40.0. The number of carbonyl (C=O) groups excluding carboxylic acids is 1. The van der Waals surface area contributed by atoms with E-state index < -0.39 is 15.4 Å². The van der Waals surface area contributed by atoms with Gasteiger partial charge in [-0.25, -0.2) is 8.42 Å². The predicted octanol–water partition coefficient (Wildman–Crippen LogP) is 4.94. The minimum Gasteiger partial charge on any atom is -0.493 e. The minimum absolute atomic E-state index is 0.00713. The van der Waals surface area contributed by atoms with Crippen molar-refractivity contribution < 1.29 is 32.5 Å². The molecule has 1 atom stereocenters. The third-order valence-electron chi connectivity index (χ3n) is 8.02. The summed E-state index contributed by atoms with van der Waals surface area (Å²) >= 11 is 0. The lowest BCUT2D eigenvalue weighted by molar-refractivity contribution is -0.141. The topological polar surface area (TPSA) is 111 Å². The Bertz CT molecular complexity index is 1510. The molecule has 1 unspecified atom stereocenters. The van der Waals surface area contributed by atoms with Crippen LogP contribution in [0.25, 0.3) is 11.1 Å². The van der Waals surface area contributed by atoms with Crippen molar-refractivity contribution in [3.8, 4) is 22.6 Å². The smallest absolute Gasteiger partial charge is 0.306 e. The van der Waals surface area contributed by atoms with E-state index in [0.717, 1.165) is 44.8 Å². The molecule has 9 heteroatoms. The molecule has 3 aromatic carbocycles. The average molecular weight is 580 g/mol. The quantitative estimate of drug-likeness (QED) is 0.343. The van der Waals surface area contributed by atoms with Gasteiger partial charge in [0.1, 0.15) is 23.7 Å². The standard InChI is InChI=1S/C32H37NO7S/c1-21-13-27(40-20-32(35)9-11-41(36,37)12-10-32)14-22(2)31(21)24-6-4-5-23(15-24)18-33-26-7-8-28-25(16-30(34)38-3)19-39-29(28)17-26/h4-8,13-15,17,25,33,35H,9-12,16,18-20H2,1-3H3. The molecule has 5 rings (SSSR count). The Hall–Kier alpha value is -3.56. The molecule has 0 radical (unpaired) electrons. The molecule has 0 aliphatic carbocycles. The molecule has 2 aliphatic heterocycles. The number of hydrogen-bond acceptors (Lipinski definition) is 8. The number of anilines is 1. The fourth-order valence-corrected chi connectivity index (χ4v) is 7.21. The van der Waals surface area contributed by atoms with Gasteiger partial charge < -0.3 is 24.6 Å². The van der Waals surface area contributed by atoms with Crippen molar-refractivity contribution >= 4 is 21.5 Å². The van der Waals surface area contributed by atoms with Gasteiger partial charge in [-0.3, -0.25) is 4.79 Å². The van der Waals surface area contributed by atoms with Gasteiger partial charge in [0.25, 0.3) is 0 Å². The van der Waals surface area contributed by atoms with Crippen LogP contribution in [0, 0.1) is 13.8 Å². The van der Waals surface area contributed by atoms with E-state index in [2.05, 4.69) is 23.5 Å². The first kappa shape index (κ1) is 29.0. The number of methoxy groups -OCH3 is 1. The first-order valence-corrected chi connectivity index (χ1v) is 15.7. The number of sulfone groups is 1. The van der Waals surface area contributed by atoms with Crippen LogP contribution in [0.3, 0.4) is 0 Å². The van der Waals surface area contributed by atoms with Gasteiger partial charge in [-0.2, -0.15) is 0 Å². The number of aryl methyl sites for hydroxylation is 2. The lowest BCUT2D eigenvalue weighted by atomic mass is 9.94. The van der Waals surface area contributed by atoms with E-state index in [9.17, 15) is 18.3 Å². The maximum Gasteiger partial charge on any atom is 0.306 e. The molecule has 0 bridgehead atoms. The predicted molar refractivity (Wildman–Crippen MR) is 158 cm³/mol. The van der Waals surface area contributed by atoms with E-state index in [-0.39, 0.29) is 42.8 Å². The third-order valence-corrected chi connectivity index (χ3v) is 9.67. The highest BCUT2D eigenvalue weighted by atomic mass is 32.2. The molecule has 0 saturated carbocycles. The zero-order chi connectivity index (χ0) is 29.2. The Kier molecular flexibility index (Phi) is 8.29. The van der Waals surface area contributed by atoms with E-state index in [1.54, 1.807) is 0 Å². The first-order valence-electron chi connectivity index (χ1n) is 13.9. The number of carbonyl (C=O) groups is 1. The summed E-state index contributed by atoms with van der Waals surface area (Å²) in [5, 5.41) is 14.3. The van der Waals surface area contributed by atoms with Gasteiger partial charge in [0.15, 0.2) is 9.84 Å². The summed E-state index contributed by atoms with van der Waals surface area (Å²) in [7, 11) is -1.66. The molecule has 2 aliphatic rings. The van der Waals surface area contributed by atoms with Gasteiger partial charge >= 0.3 is 5.97 Å². The van der Waals surface area contributed by atoms with Crippen molar-refractivity contribution in [1.82, 2.24) is 0 Å². The summed E-state index contributed by atoms with van der Waals surface area (Å²) in [6, 6.07) is 18.3. The molecular weight excluding hydrogens is 542 g/mol. The number of rotatable bonds is 9. The van der Waals surface area contributed by atoms with Crippen molar-refractivity contribution in [2.75, 3.05) is 37.1 Å². The Morgan fingerprint density at radius 2 is 1.80 bits per heavy atom. The van der Waals surface area contributed by atoms with Crippen LogP contribution in [-0.2, 0) is 25.9 Å². The molecule has 3 aromatic rings. The molecule has 1 fully saturated rings. The van der Waals surface area contributed by atoms with Gasteiger partial charge in [-0.1, -0.05) is 24.3 Å². The molecule has 41 heavy (non-hydrogen) atoms. The number of ether oxygens (including phenoxy) is 3. The van der Waals surface area contributed by atoms with Gasteiger partial charge in [-0.05, 0) is 78.8 Å². The zero-order valence-electron chi connectivity index (χ0n) is 23.7. The molecule has 0 aromatic heterocycles. The lowest BCUT2D eigenvalue weighted by Gasteiger charge is -2.31. The van der Waals surface area contributed by atoms with Crippen molar-refractivity contribution in [3.05, 3.63) is 76.9 Å². The molecular formula is C32H37NO7S. The molecule has 2 heterocycles. The van der Waals surface area contributed by atoms with Crippen LogP contribution in [0.15, 0.2) is 54.6 Å². The van der Waals surface area contributed by atoms with Crippen LogP contribution < -0.4 is 14.8 Å². The van der Waals surface area contributed by atoms with E-state index in [4.69, 9.17) is 14.2 Å². The van der Waals surface area contributed by atoms with Gasteiger partial charge in [0, 0.05) is 29.8 Å². The minimum atomic E-state index is -3.06. The number of hydrogen-bond donors (Lipinski definition) is 2. The second-order valence-electron chi connectivity index (χ2n) is 11.2. The highest BCUT2D eigenvalue weighted by Crippen LogP contribution is 2.38. The van der Waals surface area contributed by atoms with Gasteiger partial charge in [0.2, 0.25) is 0 Å². The summed E-state index contributed by atoms with van der Waals surface area (Å²) in [5.74, 6) is 1.23. The van der Waals surface area contributed by atoms with Crippen LogP contribution in [0.4, 0.5) is 5.69 Å². The number of aliphatic hydroxyl groups is 1. The Morgan fingerprint density at radius 1 is 1.07 bits per heavy atom. The van der Waals surface area contributed by atoms with Gasteiger partial charge in [0.05, 0.1) is 31.6 Å². The first-order chi connectivity index (χ1) is 19.5. The van der Waals surface area contributed by atoms with E-state index in [1.807, 2.05) is 50.2 Å². The maximum absolute atomic E-state index is 11.7.